The van der Waals surface area contributed by atoms with Crippen LogP contribution in [0.1, 0.15) is 37.5 Å². The van der Waals surface area contributed by atoms with Crippen LogP contribution in [0.25, 0.3) is 11.5 Å². The van der Waals surface area contributed by atoms with Crippen LogP contribution in [0.3, 0.4) is 0 Å². The van der Waals surface area contributed by atoms with Gasteiger partial charge in [-0.25, -0.2) is 4.39 Å². The molecule has 2 N–H and O–H groups in total. The van der Waals surface area contributed by atoms with E-state index in [2.05, 4.69) is 10.2 Å². The van der Waals surface area contributed by atoms with Crippen LogP contribution in [-0.4, -0.2) is 16.2 Å². The second-order valence-corrected chi connectivity index (χ2v) is 5.59. The molecule has 106 valence electrons. The second kappa shape index (κ2) is 5.50. The average Bonchev–Trinajstić information content (AvgIpc) is 2.92. The molecule has 0 spiro atoms. The Kier molecular flexibility index (Phi) is 3.72. The van der Waals surface area contributed by atoms with E-state index in [9.17, 15) is 4.39 Å². The fourth-order valence-corrected chi connectivity index (χ4v) is 2.69. The summed E-state index contributed by atoms with van der Waals surface area (Å²) in [6.45, 7) is 0. The zero-order chi connectivity index (χ0) is 14.1. The molecular formula is C14H15ClFN3O. The predicted octanol–water partition coefficient (Wildman–Crippen LogP) is 3.51. The van der Waals surface area contributed by atoms with Gasteiger partial charge in [0.15, 0.2) is 0 Å². The van der Waals surface area contributed by atoms with E-state index in [0.717, 1.165) is 25.7 Å². The minimum atomic E-state index is -0.462. The van der Waals surface area contributed by atoms with E-state index in [-0.39, 0.29) is 17.0 Å². The number of halogens is 2. The Balaban J connectivity index is 1.81. The van der Waals surface area contributed by atoms with Crippen molar-refractivity contribution in [3.8, 4) is 11.5 Å². The van der Waals surface area contributed by atoms with Gasteiger partial charge in [-0.2, -0.15) is 0 Å². The van der Waals surface area contributed by atoms with Crippen LogP contribution in [-0.2, 0) is 0 Å². The van der Waals surface area contributed by atoms with E-state index in [1.54, 1.807) is 6.07 Å². The van der Waals surface area contributed by atoms with Gasteiger partial charge >= 0.3 is 0 Å². The number of nitrogens with two attached hydrogens (primary N) is 1. The van der Waals surface area contributed by atoms with E-state index in [1.807, 2.05) is 0 Å². The van der Waals surface area contributed by atoms with Gasteiger partial charge in [0, 0.05) is 17.5 Å². The van der Waals surface area contributed by atoms with Crippen molar-refractivity contribution in [2.75, 3.05) is 0 Å². The fraction of sp³-hybridized carbons (Fsp3) is 0.429. The lowest BCUT2D eigenvalue weighted by molar-refractivity contribution is 0.341. The minimum Gasteiger partial charge on any atom is -0.420 e. The van der Waals surface area contributed by atoms with E-state index in [4.69, 9.17) is 21.8 Å². The molecule has 20 heavy (non-hydrogen) atoms. The van der Waals surface area contributed by atoms with Crippen molar-refractivity contribution in [3.63, 3.8) is 0 Å². The summed E-state index contributed by atoms with van der Waals surface area (Å²) in [5, 5.41) is 8.17. The van der Waals surface area contributed by atoms with Gasteiger partial charge in [-0.1, -0.05) is 11.6 Å². The largest absolute Gasteiger partial charge is 0.420 e. The molecule has 1 aliphatic rings. The monoisotopic (exact) mass is 295 g/mol. The van der Waals surface area contributed by atoms with Gasteiger partial charge in [0.2, 0.25) is 11.8 Å². The highest BCUT2D eigenvalue weighted by Gasteiger charge is 2.24. The Labute approximate surface area is 121 Å². The van der Waals surface area contributed by atoms with E-state index >= 15 is 0 Å². The first-order valence-corrected chi connectivity index (χ1v) is 7.05. The molecule has 0 atom stereocenters. The molecule has 3 rings (SSSR count). The number of benzene rings is 1. The molecule has 1 saturated carbocycles. The van der Waals surface area contributed by atoms with Gasteiger partial charge < -0.3 is 10.2 Å². The van der Waals surface area contributed by atoms with Gasteiger partial charge in [-0.05, 0) is 43.9 Å². The molecule has 1 heterocycles. The summed E-state index contributed by atoms with van der Waals surface area (Å²) in [6, 6.07) is 4.64. The number of hydrogen-bond acceptors (Lipinski definition) is 4. The molecule has 1 fully saturated rings. The quantitative estimate of drug-likeness (QED) is 0.920. The van der Waals surface area contributed by atoms with Crippen molar-refractivity contribution in [2.45, 2.75) is 37.6 Å². The topological polar surface area (TPSA) is 64.9 Å². The van der Waals surface area contributed by atoms with E-state index < -0.39 is 5.82 Å². The molecule has 6 heteroatoms. The molecule has 1 aromatic carbocycles. The van der Waals surface area contributed by atoms with Crippen LogP contribution in [0, 0.1) is 5.82 Å². The van der Waals surface area contributed by atoms with Crippen molar-refractivity contribution in [3.05, 3.63) is 34.9 Å². The van der Waals surface area contributed by atoms with Crippen molar-refractivity contribution in [1.82, 2.24) is 10.2 Å². The molecule has 1 aliphatic carbocycles. The van der Waals surface area contributed by atoms with Gasteiger partial charge in [0.1, 0.15) is 5.82 Å². The SMILES string of the molecule is NC1CCC(c2nnc(-c3ccc(F)c(Cl)c3)o2)CC1. The third-order valence-corrected chi connectivity index (χ3v) is 4.02. The van der Waals surface area contributed by atoms with Gasteiger partial charge in [0.25, 0.3) is 0 Å². The van der Waals surface area contributed by atoms with Crippen molar-refractivity contribution in [2.24, 2.45) is 5.73 Å². The fourth-order valence-electron chi connectivity index (χ4n) is 2.51. The van der Waals surface area contributed by atoms with Crippen LogP contribution in [0.4, 0.5) is 4.39 Å². The number of hydrogen-bond donors (Lipinski definition) is 1. The summed E-state index contributed by atoms with van der Waals surface area (Å²) >= 11 is 5.76. The highest BCUT2D eigenvalue weighted by atomic mass is 35.5. The predicted molar refractivity (Wildman–Crippen MR) is 73.9 cm³/mol. The molecule has 4 nitrogen and oxygen atoms in total. The third-order valence-electron chi connectivity index (χ3n) is 3.73. The number of nitrogens with zero attached hydrogens (tertiary/aromatic N) is 2. The normalized spacial score (nSPS) is 22.9. The van der Waals surface area contributed by atoms with Gasteiger partial charge in [-0.3, -0.25) is 0 Å². The first-order chi connectivity index (χ1) is 9.63. The third kappa shape index (κ3) is 2.69. The minimum absolute atomic E-state index is 0.0471. The van der Waals surface area contributed by atoms with Crippen LogP contribution in [0.2, 0.25) is 5.02 Å². The maximum absolute atomic E-state index is 13.1. The summed E-state index contributed by atoms with van der Waals surface area (Å²) in [5.74, 6) is 0.813. The Morgan fingerprint density at radius 2 is 1.95 bits per heavy atom. The maximum atomic E-state index is 13.1. The molecule has 0 radical (unpaired) electrons. The Morgan fingerprint density at radius 1 is 1.20 bits per heavy atom. The van der Waals surface area contributed by atoms with Crippen LogP contribution >= 0.6 is 11.6 Å². The highest BCUT2D eigenvalue weighted by molar-refractivity contribution is 6.31. The van der Waals surface area contributed by atoms with Crippen LogP contribution in [0.15, 0.2) is 22.6 Å². The molecule has 0 amide bonds. The molecule has 0 aliphatic heterocycles. The van der Waals surface area contributed by atoms with Crippen molar-refractivity contribution in [1.29, 1.82) is 0 Å². The summed E-state index contributed by atoms with van der Waals surface area (Å²) in [5.41, 5.74) is 6.51. The lowest BCUT2D eigenvalue weighted by atomic mass is 9.86. The molecule has 1 aromatic heterocycles. The molecular weight excluding hydrogens is 281 g/mol. The lowest BCUT2D eigenvalue weighted by Crippen LogP contribution is -2.25. The van der Waals surface area contributed by atoms with Crippen LogP contribution in [0.5, 0.6) is 0 Å². The standard InChI is InChI=1S/C14H15ClFN3O/c15-11-7-9(3-6-12(11)16)14-19-18-13(20-14)8-1-4-10(17)5-2-8/h3,6-8,10H,1-2,4-5,17H2. The highest BCUT2D eigenvalue weighted by Crippen LogP contribution is 2.33. The summed E-state index contributed by atoms with van der Waals surface area (Å²) in [7, 11) is 0. The molecule has 2 aromatic rings. The van der Waals surface area contributed by atoms with Crippen molar-refractivity contribution < 1.29 is 8.81 Å². The van der Waals surface area contributed by atoms with E-state index in [1.165, 1.54) is 12.1 Å². The first-order valence-electron chi connectivity index (χ1n) is 6.68. The average molecular weight is 296 g/mol. The Hall–Kier alpha value is -1.46. The molecule has 0 bridgehead atoms. The van der Waals surface area contributed by atoms with Gasteiger partial charge in [-0.15, -0.1) is 10.2 Å². The first kappa shape index (κ1) is 13.5. The smallest absolute Gasteiger partial charge is 0.247 e. The summed E-state index contributed by atoms with van der Waals surface area (Å²) < 4.78 is 18.8. The van der Waals surface area contributed by atoms with Crippen LogP contribution < -0.4 is 5.73 Å². The summed E-state index contributed by atoms with van der Waals surface area (Å²) in [6.07, 6.45) is 3.88. The number of rotatable bonds is 2. The Morgan fingerprint density at radius 3 is 2.65 bits per heavy atom. The molecule has 0 unspecified atom stereocenters. The Bertz CT molecular complexity index is 608. The van der Waals surface area contributed by atoms with Crippen molar-refractivity contribution >= 4 is 11.6 Å². The second-order valence-electron chi connectivity index (χ2n) is 5.19. The summed E-state index contributed by atoms with van der Waals surface area (Å²) in [4.78, 5) is 0. The zero-order valence-corrected chi connectivity index (χ0v) is 11.6. The lowest BCUT2D eigenvalue weighted by Gasteiger charge is -2.23. The maximum Gasteiger partial charge on any atom is 0.247 e. The van der Waals surface area contributed by atoms with E-state index in [0.29, 0.717) is 17.3 Å². The van der Waals surface area contributed by atoms with Gasteiger partial charge in [0.05, 0.1) is 5.02 Å². The number of aromatic nitrogens is 2. The molecule has 0 saturated heterocycles. The zero-order valence-electron chi connectivity index (χ0n) is 10.9.